The first-order valence-corrected chi connectivity index (χ1v) is 7.81. The molecule has 0 aromatic rings. The molecular formula is C16H31NO. The monoisotopic (exact) mass is 253 g/mol. The van der Waals surface area contributed by atoms with Crippen LogP contribution < -0.4 is 5.32 Å². The van der Waals surface area contributed by atoms with Gasteiger partial charge in [0.15, 0.2) is 0 Å². The molecule has 0 amide bonds. The lowest BCUT2D eigenvalue weighted by Crippen LogP contribution is -2.49. The molecule has 2 rings (SSSR count). The summed E-state index contributed by atoms with van der Waals surface area (Å²) < 4.78 is 0. The van der Waals surface area contributed by atoms with Gasteiger partial charge in [-0.15, -0.1) is 0 Å². The third-order valence-electron chi connectivity index (χ3n) is 5.17. The lowest BCUT2D eigenvalue weighted by Gasteiger charge is -2.34. The maximum absolute atomic E-state index is 9.83. The fourth-order valence-electron chi connectivity index (χ4n) is 3.35. The van der Waals surface area contributed by atoms with Gasteiger partial charge >= 0.3 is 0 Å². The van der Waals surface area contributed by atoms with Gasteiger partial charge in [0.2, 0.25) is 0 Å². The normalized spacial score (nSPS) is 34.3. The van der Waals surface area contributed by atoms with Crippen LogP contribution in [0.15, 0.2) is 0 Å². The largest absolute Gasteiger partial charge is 0.394 e. The summed E-state index contributed by atoms with van der Waals surface area (Å²) in [4.78, 5) is 0. The number of aliphatic hydroxyl groups is 1. The molecule has 2 saturated carbocycles. The number of hydrogen-bond donors (Lipinski definition) is 2. The van der Waals surface area contributed by atoms with Crippen LogP contribution >= 0.6 is 0 Å². The Kier molecular flexibility index (Phi) is 4.38. The van der Waals surface area contributed by atoms with Crippen molar-refractivity contribution in [3.63, 3.8) is 0 Å². The summed E-state index contributed by atoms with van der Waals surface area (Å²) >= 11 is 0. The van der Waals surface area contributed by atoms with Gasteiger partial charge in [-0.1, -0.05) is 27.2 Å². The van der Waals surface area contributed by atoms with Crippen LogP contribution in [0.4, 0.5) is 0 Å². The van der Waals surface area contributed by atoms with Crippen LogP contribution in [0.5, 0.6) is 0 Å². The van der Waals surface area contributed by atoms with Gasteiger partial charge < -0.3 is 10.4 Å². The summed E-state index contributed by atoms with van der Waals surface area (Å²) in [6, 6.07) is 0. The first kappa shape index (κ1) is 14.3. The summed E-state index contributed by atoms with van der Waals surface area (Å²) in [6.07, 6.45) is 8.94. The van der Waals surface area contributed by atoms with Gasteiger partial charge in [-0.3, -0.25) is 0 Å². The van der Waals surface area contributed by atoms with Crippen molar-refractivity contribution in [2.75, 3.05) is 13.2 Å². The highest BCUT2D eigenvalue weighted by molar-refractivity contribution is 4.94. The smallest absolute Gasteiger partial charge is 0.0613 e. The van der Waals surface area contributed by atoms with Gasteiger partial charge in [0, 0.05) is 5.54 Å². The summed E-state index contributed by atoms with van der Waals surface area (Å²) in [5.41, 5.74) is 0.449. The highest BCUT2D eigenvalue weighted by atomic mass is 16.3. The summed E-state index contributed by atoms with van der Waals surface area (Å²) in [5.74, 6) is 1.71. The Hall–Kier alpha value is -0.0800. The molecule has 0 aromatic heterocycles. The zero-order valence-electron chi connectivity index (χ0n) is 12.5. The third-order valence-corrected chi connectivity index (χ3v) is 5.17. The average molecular weight is 253 g/mol. The van der Waals surface area contributed by atoms with Crippen LogP contribution in [0.2, 0.25) is 0 Å². The Bertz CT molecular complexity index is 267. The average Bonchev–Trinajstić information content (AvgIpc) is 3.12. The molecule has 0 saturated heterocycles. The van der Waals surface area contributed by atoms with E-state index in [0.29, 0.717) is 12.0 Å². The third kappa shape index (κ3) is 3.71. The van der Waals surface area contributed by atoms with E-state index in [4.69, 9.17) is 0 Å². The van der Waals surface area contributed by atoms with Crippen LogP contribution in [0.3, 0.4) is 0 Å². The van der Waals surface area contributed by atoms with E-state index >= 15 is 0 Å². The van der Waals surface area contributed by atoms with Gasteiger partial charge in [-0.25, -0.2) is 0 Å². The SMILES string of the molecule is CC(C)(C)C1CCCC(CO)(NCC2CC2)CC1. The Labute approximate surface area is 113 Å². The van der Waals surface area contributed by atoms with Crippen molar-refractivity contribution < 1.29 is 5.11 Å². The molecule has 2 aliphatic rings. The van der Waals surface area contributed by atoms with Crippen molar-refractivity contribution >= 4 is 0 Å². The van der Waals surface area contributed by atoms with Crippen molar-refractivity contribution in [2.45, 2.75) is 71.3 Å². The molecular weight excluding hydrogens is 222 g/mol. The second kappa shape index (κ2) is 5.50. The zero-order chi connectivity index (χ0) is 13.2. The molecule has 0 bridgehead atoms. The number of nitrogens with one attached hydrogen (secondary N) is 1. The zero-order valence-corrected chi connectivity index (χ0v) is 12.5. The van der Waals surface area contributed by atoms with Crippen LogP contribution in [-0.2, 0) is 0 Å². The predicted molar refractivity (Wildman–Crippen MR) is 76.6 cm³/mol. The van der Waals surface area contributed by atoms with Crippen molar-refractivity contribution in [3.05, 3.63) is 0 Å². The highest BCUT2D eigenvalue weighted by Gasteiger charge is 2.36. The van der Waals surface area contributed by atoms with Gasteiger partial charge in [0.25, 0.3) is 0 Å². The topological polar surface area (TPSA) is 32.3 Å². The summed E-state index contributed by atoms with van der Waals surface area (Å²) in [7, 11) is 0. The van der Waals surface area contributed by atoms with Gasteiger partial charge in [-0.2, -0.15) is 0 Å². The van der Waals surface area contributed by atoms with Crippen LogP contribution in [-0.4, -0.2) is 23.8 Å². The maximum atomic E-state index is 9.83. The molecule has 0 spiro atoms. The second-order valence-corrected chi connectivity index (χ2v) is 7.76. The van der Waals surface area contributed by atoms with E-state index in [1.54, 1.807) is 0 Å². The molecule has 0 heterocycles. The number of rotatable bonds is 4. The molecule has 2 aliphatic carbocycles. The first-order valence-electron chi connectivity index (χ1n) is 7.81. The molecule has 2 fully saturated rings. The predicted octanol–water partition coefficient (Wildman–Crippen LogP) is 3.34. The fourth-order valence-corrected chi connectivity index (χ4v) is 3.35. The Balaban J connectivity index is 1.91. The maximum Gasteiger partial charge on any atom is 0.0613 e. The van der Waals surface area contributed by atoms with E-state index in [1.807, 2.05) is 0 Å². The second-order valence-electron chi connectivity index (χ2n) is 7.76. The number of aliphatic hydroxyl groups excluding tert-OH is 1. The Morgan fingerprint density at radius 2 is 1.83 bits per heavy atom. The molecule has 0 aromatic carbocycles. The minimum atomic E-state index is 0.0303. The highest BCUT2D eigenvalue weighted by Crippen LogP contribution is 2.40. The first-order chi connectivity index (χ1) is 8.45. The standard InChI is InChI=1S/C16H31NO/c1-15(2,3)14-5-4-9-16(12-18,10-8-14)17-11-13-6-7-13/h13-14,17-18H,4-12H2,1-3H3. The molecule has 2 unspecified atom stereocenters. The van der Waals surface area contributed by atoms with Crippen LogP contribution in [0, 0.1) is 17.3 Å². The van der Waals surface area contributed by atoms with Crippen molar-refractivity contribution in [2.24, 2.45) is 17.3 Å². The van der Waals surface area contributed by atoms with Gasteiger partial charge in [0.05, 0.1) is 6.61 Å². The lowest BCUT2D eigenvalue weighted by atomic mass is 9.76. The van der Waals surface area contributed by atoms with Crippen molar-refractivity contribution in [1.29, 1.82) is 0 Å². The minimum absolute atomic E-state index is 0.0303. The van der Waals surface area contributed by atoms with Crippen LogP contribution in [0.1, 0.15) is 65.7 Å². The van der Waals surface area contributed by atoms with Crippen molar-refractivity contribution in [3.8, 4) is 0 Å². The minimum Gasteiger partial charge on any atom is -0.394 e. The summed E-state index contributed by atoms with van der Waals surface area (Å²) in [6.45, 7) is 8.53. The fraction of sp³-hybridized carbons (Fsp3) is 1.00. The molecule has 2 heteroatoms. The van der Waals surface area contributed by atoms with E-state index in [9.17, 15) is 5.11 Å². The molecule has 2 nitrogen and oxygen atoms in total. The lowest BCUT2D eigenvalue weighted by molar-refractivity contribution is 0.136. The molecule has 106 valence electrons. The quantitative estimate of drug-likeness (QED) is 0.753. The van der Waals surface area contributed by atoms with Gasteiger partial charge in [0.1, 0.15) is 0 Å². The van der Waals surface area contributed by atoms with E-state index in [-0.39, 0.29) is 5.54 Å². The van der Waals surface area contributed by atoms with Gasteiger partial charge in [-0.05, 0) is 62.3 Å². The van der Waals surface area contributed by atoms with E-state index in [0.717, 1.165) is 31.2 Å². The Morgan fingerprint density at radius 1 is 1.11 bits per heavy atom. The van der Waals surface area contributed by atoms with Crippen molar-refractivity contribution in [1.82, 2.24) is 5.32 Å². The van der Waals surface area contributed by atoms with E-state index < -0.39 is 0 Å². The molecule has 2 N–H and O–H groups in total. The molecule has 18 heavy (non-hydrogen) atoms. The Morgan fingerprint density at radius 3 is 2.39 bits per heavy atom. The number of hydrogen-bond acceptors (Lipinski definition) is 2. The molecule has 2 atom stereocenters. The molecule has 0 radical (unpaired) electrons. The van der Waals surface area contributed by atoms with Crippen LogP contribution in [0.25, 0.3) is 0 Å². The molecule has 0 aliphatic heterocycles. The summed E-state index contributed by atoms with van der Waals surface area (Å²) in [5, 5.41) is 13.5. The van der Waals surface area contributed by atoms with E-state index in [2.05, 4.69) is 26.1 Å². The van der Waals surface area contributed by atoms with E-state index in [1.165, 1.54) is 32.1 Å².